The molecule has 5 nitrogen and oxygen atoms in total. The van der Waals surface area contributed by atoms with Gasteiger partial charge in [-0.25, -0.2) is 9.61 Å². The van der Waals surface area contributed by atoms with E-state index in [1.165, 1.54) is 0 Å². The van der Waals surface area contributed by atoms with E-state index in [-0.39, 0.29) is 0 Å². The molecule has 0 saturated heterocycles. The van der Waals surface area contributed by atoms with Crippen LogP contribution in [0.4, 0.5) is 0 Å². The van der Waals surface area contributed by atoms with Crippen LogP contribution in [-0.4, -0.2) is 20.3 Å². The Labute approximate surface area is 78.7 Å². The fraction of sp³-hybridized carbons (Fsp3) is 0. The fourth-order valence-electron chi connectivity index (χ4n) is 1.39. The summed E-state index contributed by atoms with van der Waals surface area (Å²) in [5, 5.41) is 7.31. The molecule has 0 saturated carbocycles. The average molecular weight is 186 g/mol. The molecule has 0 aliphatic rings. The Bertz CT molecular complexity index is 555. The summed E-state index contributed by atoms with van der Waals surface area (Å²) in [5.41, 5.74) is 3.60. The van der Waals surface area contributed by atoms with Crippen LogP contribution in [0.1, 0.15) is 0 Å². The number of nitrogens with zero attached hydrogens (tertiary/aromatic N) is 3. The highest BCUT2D eigenvalue weighted by Crippen LogP contribution is 2.19. The third-order valence-electron chi connectivity index (χ3n) is 2.08. The lowest BCUT2D eigenvalue weighted by Crippen LogP contribution is -1.77. The monoisotopic (exact) mass is 186 g/mol. The van der Waals surface area contributed by atoms with E-state index in [4.69, 9.17) is 0 Å². The normalized spacial score (nSPS) is 10.9. The lowest BCUT2D eigenvalue weighted by Gasteiger charge is -1.93. The van der Waals surface area contributed by atoms with Crippen LogP contribution in [0.5, 0.6) is 0 Å². The van der Waals surface area contributed by atoms with Crippen LogP contribution in [0.15, 0.2) is 35.4 Å². The molecule has 1 N–H and O–H groups in total. The molecular weight excluding hydrogens is 180 g/mol. The maximum atomic E-state index is 4.54. The second-order valence-electron chi connectivity index (χ2n) is 2.93. The second kappa shape index (κ2) is 2.66. The van der Waals surface area contributed by atoms with Gasteiger partial charge >= 0.3 is 0 Å². The highest BCUT2D eigenvalue weighted by molar-refractivity contribution is 5.80. The minimum Gasteiger partial charge on any atom is -0.345 e. The van der Waals surface area contributed by atoms with Crippen LogP contribution < -0.4 is 0 Å². The molecule has 0 atom stereocenters. The molecule has 3 rings (SSSR count). The first-order valence-electron chi connectivity index (χ1n) is 4.14. The first-order chi connectivity index (χ1) is 6.93. The summed E-state index contributed by atoms with van der Waals surface area (Å²) in [5.74, 6) is 0. The highest BCUT2D eigenvalue weighted by Gasteiger charge is 2.03. The van der Waals surface area contributed by atoms with E-state index in [0.717, 1.165) is 22.3 Å². The van der Waals surface area contributed by atoms with E-state index in [1.54, 1.807) is 12.5 Å². The summed E-state index contributed by atoms with van der Waals surface area (Å²) >= 11 is 0. The van der Waals surface area contributed by atoms with Gasteiger partial charge in [0.05, 0.1) is 23.6 Å². The molecule has 0 amide bonds. The Morgan fingerprint density at radius 2 is 2.29 bits per heavy atom. The molecule has 0 spiro atoms. The van der Waals surface area contributed by atoms with Crippen LogP contribution in [0, 0.1) is 0 Å². The zero-order chi connectivity index (χ0) is 9.38. The predicted molar refractivity (Wildman–Crippen MR) is 49.4 cm³/mol. The van der Waals surface area contributed by atoms with Crippen molar-refractivity contribution >= 4 is 11.0 Å². The molecule has 2 aromatic heterocycles. The van der Waals surface area contributed by atoms with E-state index >= 15 is 0 Å². The number of nitrogens with one attached hydrogen (secondary N) is 1. The quantitative estimate of drug-likeness (QED) is 0.626. The molecular formula is C9H6N4O. The maximum absolute atomic E-state index is 4.54. The standard InChI is InChI=1S/C9H6N4O/c1-2-7-8(11-5-10-7)3-6(1)9-4-12-14-13-9/h1-5H,(H,10,11). The van der Waals surface area contributed by atoms with Crippen LogP contribution in [-0.2, 0) is 0 Å². The zero-order valence-corrected chi connectivity index (χ0v) is 7.14. The van der Waals surface area contributed by atoms with Crippen molar-refractivity contribution in [1.29, 1.82) is 0 Å². The van der Waals surface area contributed by atoms with E-state index < -0.39 is 0 Å². The number of benzene rings is 1. The summed E-state index contributed by atoms with van der Waals surface area (Å²) in [7, 11) is 0. The number of imidazole rings is 1. The number of rotatable bonds is 1. The fourth-order valence-corrected chi connectivity index (χ4v) is 1.39. The first-order valence-corrected chi connectivity index (χ1v) is 4.14. The van der Waals surface area contributed by atoms with Gasteiger partial charge in [0, 0.05) is 5.56 Å². The van der Waals surface area contributed by atoms with E-state index in [1.807, 2.05) is 18.2 Å². The lowest BCUT2D eigenvalue weighted by molar-refractivity contribution is 0.308. The minimum atomic E-state index is 0.724. The third-order valence-corrected chi connectivity index (χ3v) is 2.08. The van der Waals surface area contributed by atoms with Crippen LogP contribution >= 0.6 is 0 Å². The van der Waals surface area contributed by atoms with Crippen LogP contribution in [0.3, 0.4) is 0 Å². The summed E-state index contributed by atoms with van der Waals surface area (Å²) in [6, 6.07) is 5.82. The second-order valence-corrected chi connectivity index (χ2v) is 2.93. The largest absolute Gasteiger partial charge is 0.345 e. The molecule has 0 bridgehead atoms. The van der Waals surface area contributed by atoms with Gasteiger partial charge in [-0.3, -0.25) is 0 Å². The van der Waals surface area contributed by atoms with Gasteiger partial charge in [0.2, 0.25) is 0 Å². The van der Waals surface area contributed by atoms with Gasteiger partial charge in [0.15, 0.2) is 0 Å². The number of aromatic amines is 1. The van der Waals surface area contributed by atoms with E-state index in [0.29, 0.717) is 0 Å². The number of aromatic nitrogens is 4. The van der Waals surface area contributed by atoms with Crippen LogP contribution in [0.2, 0.25) is 0 Å². The summed E-state index contributed by atoms with van der Waals surface area (Å²) in [6.07, 6.45) is 3.24. The molecule has 14 heavy (non-hydrogen) atoms. The Kier molecular flexibility index (Phi) is 1.38. The van der Waals surface area contributed by atoms with Crippen molar-refractivity contribution in [2.75, 3.05) is 0 Å². The first kappa shape index (κ1) is 7.25. The van der Waals surface area contributed by atoms with Crippen molar-refractivity contribution in [2.24, 2.45) is 0 Å². The SMILES string of the molecule is c1nc2ccc(-c3cnon3)cc2[nH]1. The van der Waals surface area contributed by atoms with Gasteiger partial charge in [0.1, 0.15) is 5.69 Å². The van der Waals surface area contributed by atoms with Crippen molar-refractivity contribution in [1.82, 2.24) is 20.3 Å². The van der Waals surface area contributed by atoms with Gasteiger partial charge < -0.3 is 4.98 Å². The highest BCUT2D eigenvalue weighted by atomic mass is 16.6. The van der Waals surface area contributed by atoms with Gasteiger partial charge in [-0.05, 0) is 17.3 Å². The van der Waals surface area contributed by atoms with Crippen molar-refractivity contribution in [2.45, 2.75) is 0 Å². The number of H-pyrrole nitrogens is 1. The van der Waals surface area contributed by atoms with Crippen molar-refractivity contribution in [3.8, 4) is 11.3 Å². The van der Waals surface area contributed by atoms with Crippen LogP contribution in [0.25, 0.3) is 22.3 Å². The maximum Gasteiger partial charge on any atom is 0.135 e. The van der Waals surface area contributed by atoms with Gasteiger partial charge in [0.25, 0.3) is 0 Å². The molecule has 2 heterocycles. The van der Waals surface area contributed by atoms with Gasteiger partial charge in [-0.2, -0.15) is 0 Å². The number of hydrogen-bond acceptors (Lipinski definition) is 4. The molecule has 0 aliphatic heterocycles. The van der Waals surface area contributed by atoms with Crippen molar-refractivity contribution in [3.05, 3.63) is 30.7 Å². The zero-order valence-electron chi connectivity index (χ0n) is 7.14. The molecule has 68 valence electrons. The van der Waals surface area contributed by atoms with Gasteiger partial charge in [-0.1, -0.05) is 11.2 Å². The molecule has 0 aliphatic carbocycles. The molecule has 0 fully saturated rings. The molecule has 3 aromatic rings. The smallest absolute Gasteiger partial charge is 0.135 e. The van der Waals surface area contributed by atoms with Crippen molar-refractivity contribution < 1.29 is 4.63 Å². The molecule has 0 radical (unpaired) electrons. The summed E-state index contributed by atoms with van der Waals surface area (Å²) in [4.78, 5) is 7.16. The minimum absolute atomic E-state index is 0.724. The number of hydrogen-bond donors (Lipinski definition) is 1. The Balaban J connectivity index is 2.23. The lowest BCUT2D eigenvalue weighted by atomic mass is 10.1. The summed E-state index contributed by atoms with van der Waals surface area (Å²) < 4.78 is 4.54. The predicted octanol–water partition coefficient (Wildman–Crippen LogP) is 1.61. The van der Waals surface area contributed by atoms with Crippen molar-refractivity contribution in [3.63, 3.8) is 0 Å². The third kappa shape index (κ3) is 0.990. The topological polar surface area (TPSA) is 67.6 Å². The number of fused-ring (bicyclic) bond motifs is 1. The van der Waals surface area contributed by atoms with E-state index in [2.05, 4.69) is 24.9 Å². The average Bonchev–Trinajstić information content (AvgIpc) is 2.88. The molecule has 0 unspecified atom stereocenters. The molecule has 1 aromatic carbocycles. The van der Waals surface area contributed by atoms with E-state index in [9.17, 15) is 0 Å². The Morgan fingerprint density at radius 3 is 3.14 bits per heavy atom. The molecule has 5 heteroatoms. The summed E-state index contributed by atoms with van der Waals surface area (Å²) in [6.45, 7) is 0. The van der Waals surface area contributed by atoms with Gasteiger partial charge in [-0.15, -0.1) is 0 Å². The Morgan fingerprint density at radius 1 is 1.29 bits per heavy atom. The Hall–Kier alpha value is -2.17.